The van der Waals surface area contributed by atoms with Crippen LogP contribution in [0.4, 0.5) is 5.95 Å². The van der Waals surface area contributed by atoms with Crippen molar-refractivity contribution in [1.82, 2.24) is 18.8 Å². The van der Waals surface area contributed by atoms with Crippen molar-refractivity contribution >= 4 is 23.0 Å². The quantitative estimate of drug-likeness (QED) is 0.280. The summed E-state index contributed by atoms with van der Waals surface area (Å²) in [7, 11) is 0. The molecule has 14 nitrogen and oxygen atoms in total. The normalized spacial score (nSPS) is 25.8. The molecule has 1 aliphatic rings. The fourth-order valence-corrected chi connectivity index (χ4v) is 2.87. The van der Waals surface area contributed by atoms with Gasteiger partial charge in [-0.2, -0.15) is 9.66 Å². The molecule has 0 spiro atoms. The molecule has 0 bridgehead atoms. The van der Waals surface area contributed by atoms with Crippen molar-refractivity contribution in [1.29, 1.82) is 0 Å². The molecular formula is C12H17N7O7. The Bertz CT molecular complexity index is 992. The summed E-state index contributed by atoms with van der Waals surface area (Å²) < 4.78 is 7.24. The Balaban J connectivity index is 2.33. The van der Waals surface area contributed by atoms with E-state index in [1.165, 1.54) is 0 Å². The van der Waals surface area contributed by atoms with Crippen LogP contribution in [0, 0.1) is 0 Å². The van der Waals surface area contributed by atoms with Crippen LogP contribution in [0.5, 0.6) is 0 Å². The van der Waals surface area contributed by atoms with Gasteiger partial charge in [0, 0.05) is 0 Å². The number of ether oxygens (including phenoxy) is 1. The monoisotopic (exact) mass is 371 g/mol. The van der Waals surface area contributed by atoms with E-state index in [2.05, 4.69) is 4.98 Å². The van der Waals surface area contributed by atoms with Crippen molar-refractivity contribution in [2.75, 3.05) is 18.2 Å². The predicted molar refractivity (Wildman–Crippen MR) is 85.0 cm³/mol. The van der Waals surface area contributed by atoms with Gasteiger partial charge < -0.3 is 37.4 Å². The zero-order chi connectivity index (χ0) is 19.3. The molecule has 0 aliphatic carbocycles. The number of anilines is 1. The summed E-state index contributed by atoms with van der Waals surface area (Å²) in [6, 6.07) is 0. The first kappa shape index (κ1) is 17.9. The Morgan fingerprint density at radius 3 is 2.46 bits per heavy atom. The first-order chi connectivity index (χ1) is 12.2. The van der Waals surface area contributed by atoms with E-state index in [0.29, 0.717) is 9.24 Å². The number of carbonyl (C=O) groups excluding carboxylic acids is 1. The number of hydrogen-bond acceptors (Lipinski definition) is 10. The van der Waals surface area contributed by atoms with Crippen molar-refractivity contribution in [3.8, 4) is 0 Å². The lowest BCUT2D eigenvalue weighted by Crippen LogP contribution is -2.37. The van der Waals surface area contributed by atoms with Crippen LogP contribution in [0.1, 0.15) is 6.23 Å². The number of aliphatic hydroxyl groups is 3. The van der Waals surface area contributed by atoms with Gasteiger partial charge in [0.05, 0.1) is 6.61 Å². The Kier molecular flexibility index (Phi) is 4.19. The molecule has 1 amide bonds. The van der Waals surface area contributed by atoms with Crippen LogP contribution in [0.2, 0.25) is 0 Å². The second kappa shape index (κ2) is 6.10. The number of aliphatic hydroxyl groups excluding tert-OH is 3. The highest BCUT2D eigenvalue weighted by atomic mass is 16.6. The van der Waals surface area contributed by atoms with Crippen LogP contribution in [-0.2, 0) is 16.1 Å². The van der Waals surface area contributed by atoms with Crippen molar-refractivity contribution < 1.29 is 24.9 Å². The van der Waals surface area contributed by atoms with Gasteiger partial charge in [-0.25, -0.2) is 9.36 Å². The van der Waals surface area contributed by atoms with E-state index in [1.54, 1.807) is 0 Å². The van der Waals surface area contributed by atoms with Crippen LogP contribution in [0.25, 0.3) is 11.2 Å². The second-order valence-electron chi connectivity index (χ2n) is 5.75. The molecule has 0 unspecified atom stereocenters. The third-order valence-electron chi connectivity index (χ3n) is 4.12. The van der Waals surface area contributed by atoms with Gasteiger partial charge in [-0.1, -0.05) is 0 Å². The predicted octanol–water partition coefficient (Wildman–Crippen LogP) is -5.25. The summed E-state index contributed by atoms with van der Waals surface area (Å²) in [5.41, 5.74) is 8.05. The number of amides is 1. The molecule has 0 radical (unpaired) electrons. The lowest BCUT2D eigenvalue weighted by molar-refractivity contribution is -0.118. The molecule has 2 aromatic heterocycles. The lowest BCUT2D eigenvalue weighted by atomic mass is 10.1. The number of rotatable bonds is 4. The van der Waals surface area contributed by atoms with E-state index in [1.807, 2.05) is 0 Å². The van der Waals surface area contributed by atoms with Gasteiger partial charge >= 0.3 is 5.69 Å². The highest BCUT2D eigenvalue weighted by Crippen LogP contribution is 2.30. The number of hydrogen-bond donors (Lipinski definition) is 6. The highest BCUT2D eigenvalue weighted by Gasteiger charge is 2.45. The smallest absolute Gasteiger partial charge is 0.333 e. The maximum absolute atomic E-state index is 12.7. The minimum absolute atomic E-state index is 0.324. The Hall–Kier alpha value is -2.94. The molecular weight excluding hydrogens is 354 g/mol. The van der Waals surface area contributed by atoms with Gasteiger partial charge in [0.25, 0.3) is 5.56 Å². The highest BCUT2D eigenvalue weighted by molar-refractivity contribution is 5.78. The van der Waals surface area contributed by atoms with E-state index in [9.17, 15) is 29.7 Å². The molecule has 14 heteroatoms. The molecule has 9 N–H and O–H groups in total. The number of nitrogen functional groups attached to an aromatic ring is 2. The van der Waals surface area contributed by atoms with E-state index in [4.69, 9.17) is 22.0 Å². The molecule has 26 heavy (non-hydrogen) atoms. The Morgan fingerprint density at radius 2 is 1.92 bits per heavy atom. The third-order valence-corrected chi connectivity index (χ3v) is 4.12. The van der Waals surface area contributed by atoms with E-state index in [-0.39, 0.29) is 11.2 Å². The van der Waals surface area contributed by atoms with Crippen molar-refractivity contribution in [2.24, 2.45) is 5.73 Å². The van der Waals surface area contributed by atoms with Gasteiger partial charge in [0.2, 0.25) is 11.9 Å². The Morgan fingerprint density at radius 1 is 1.27 bits per heavy atom. The fourth-order valence-electron chi connectivity index (χ4n) is 2.87. The lowest BCUT2D eigenvalue weighted by Gasteiger charge is -2.15. The number of carbonyl (C=O) groups is 1. The molecule has 1 saturated heterocycles. The second-order valence-corrected chi connectivity index (χ2v) is 5.75. The SMILES string of the molecule is NC(=O)Cn1c(=O)n([C@@H]2O[C@H](CO)[C@@H](O)[C@H]2O)c2nc(N)n(N)c(=O)c21. The minimum Gasteiger partial charge on any atom is -0.394 e. The van der Waals surface area contributed by atoms with Gasteiger partial charge in [0.15, 0.2) is 17.4 Å². The zero-order valence-corrected chi connectivity index (χ0v) is 13.2. The maximum atomic E-state index is 12.7. The summed E-state index contributed by atoms with van der Waals surface area (Å²) in [6.07, 6.45) is -5.80. The van der Waals surface area contributed by atoms with E-state index >= 15 is 0 Å². The minimum atomic E-state index is -1.62. The number of nitrogens with two attached hydrogens (primary N) is 3. The van der Waals surface area contributed by atoms with Crippen molar-refractivity contribution in [2.45, 2.75) is 31.1 Å². The fraction of sp³-hybridized carbons (Fsp3) is 0.500. The number of fused-ring (bicyclic) bond motifs is 1. The van der Waals surface area contributed by atoms with Crippen LogP contribution >= 0.6 is 0 Å². The number of primary amides is 1. The van der Waals surface area contributed by atoms with Crippen molar-refractivity contribution in [3.63, 3.8) is 0 Å². The van der Waals surface area contributed by atoms with Gasteiger partial charge in [-0.05, 0) is 0 Å². The van der Waals surface area contributed by atoms with Crippen molar-refractivity contribution in [3.05, 3.63) is 20.8 Å². The zero-order valence-electron chi connectivity index (χ0n) is 13.2. The third kappa shape index (κ3) is 2.43. The summed E-state index contributed by atoms with van der Waals surface area (Å²) in [5, 5.41) is 29.3. The average molecular weight is 371 g/mol. The number of nitrogens with zero attached hydrogens (tertiary/aromatic N) is 4. The van der Waals surface area contributed by atoms with Crippen LogP contribution in [0.3, 0.4) is 0 Å². The van der Waals surface area contributed by atoms with E-state index < -0.39 is 60.8 Å². The van der Waals surface area contributed by atoms with Gasteiger partial charge in [-0.15, -0.1) is 0 Å². The number of imidazole rings is 1. The Labute approximate surface area is 143 Å². The first-order valence-electron chi connectivity index (χ1n) is 7.38. The van der Waals surface area contributed by atoms with Crippen LogP contribution < -0.4 is 28.6 Å². The summed E-state index contributed by atoms with van der Waals surface area (Å²) in [6.45, 7) is -1.30. The molecule has 4 atom stereocenters. The first-order valence-corrected chi connectivity index (χ1v) is 7.38. The van der Waals surface area contributed by atoms with Crippen LogP contribution in [-0.4, -0.2) is 64.9 Å². The van der Waals surface area contributed by atoms with Gasteiger partial charge in [0.1, 0.15) is 24.9 Å². The molecule has 1 aliphatic heterocycles. The molecule has 3 rings (SSSR count). The van der Waals surface area contributed by atoms with Crippen LogP contribution in [0.15, 0.2) is 9.59 Å². The van der Waals surface area contributed by atoms with E-state index in [0.717, 1.165) is 4.57 Å². The summed E-state index contributed by atoms with van der Waals surface area (Å²) in [4.78, 5) is 40.3. The molecule has 2 aromatic rings. The molecule has 1 fully saturated rings. The average Bonchev–Trinajstić information content (AvgIpc) is 3.00. The molecule has 0 aromatic carbocycles. The standard InChI is InChI=1S/C12H17N7O7/c13-4(21)1-17-5-8(16-11(14)19(15)9(5)24)18(12(17)25)10-7(23)6(22)3(2-20)26-10/h3,6-7,10,20,22-23H,1-2,15H2,(H2,13,21)(H2,14,16)/t3-,6-,7-,10-/m1/s1. The summed E-state index contributed by atoms with van der Waals surface area (Å²) >= 11 is 0. The molecule has 142 valence electrons. The molecule has 0 saturated carbocycles. The maximum Gasteiger partial charge on any atom is 0.333 e. The van der Waals surface area contributed by atoms with Gasteiger partial charge in [-0.3, -0.25) is 14.2 Å². The molecule has 3 heterocycles. The number of aromatic nitrogens is 4. The largest absolute Gasteiger partial charge is 0.394 e. The summed E-state index contributed by atoms with van der Waals surface area (Å²) in [5.74, 6) is 4.11. The topological polar surface area (TPSA) is 227 Å².